The second-order valence-electron chi connectivity index (χ2n) is 6.76. The number of hydrazine groups is 1. The summed E-state index contributed by atoms with van der Waals surface area (Å²) in [6.07, 6.45) is 0. The van der Waals surface area contributed by atoms with Crippen LogP contribution < -0.4 is 16.4 Å². The molecule has 30 heavy (non-hydrogen) atoms. The zero-order chi connectivity index (χ0) is 21.3. The van der Waals surface area contributed by atoms with Crippen LogP contribution in [0.15, 0.2) is 59.4 Å². The van der Waals surface area contributed by atoms with Crippen molar-refractivity contribution in [2.24, 2.45) is 7.05 Å². The van der Waals surface area contributed by atoms with Gasteiger partial charge in [-0.3, -0.25) is 30.3 Å². The Hall–Kier alpha value is -4.27. The van der Waals surface area contributed by atoms with Gasteiger partial charge in [-0.15, -0.1) is 0 Å². The normalized spacial score (nSPS) is 10.7. The maximum Gasteiger partial charge on any atom is 0.290 e. The largest absolute Gasteiger partial charge is 0.290 e. The number of aromatic amines is 1. The first-order valence-electron chi connectivity index (χ1n) is 9.13. The van der Waals surface area contributed by atoms with Gasteiger partial charge in [0.1, 0.15) is 5.69 Å². The molecule has 0 saturated heterocycles. The fourth-order valence-electron chi connectivity index (χ4n) is 3.02. The maximum atomic E-state index is 12.6. The van der Waals surface area contributed by atoms with Crippen molar-refractivity contribution in [1.29, 1.82) is 0 Å². The number of aromatic nitrogens is 4. The Morgan fingerprint density at radius 3 is 2.37 bits per heavy atom. The highest BCUT2D eigenvalue weighted by Crippen LogP contribution is 2.18. The predicted molar refractivity (Wildman–Crippen MR) is 111 cm³/mol. The van der Waals surface area contributed by atoms with E-state index in [1.165, 1.54) is 7.05 Å². The number of carbonyl (C=O) groups is 2. The van der Waals surface area contributed by atoms with Gasteiger partial charge in [0.2, 0.25) is 0 Å². The van der Waals surface area contributed by atoms with Crippen LogP contribution in [-0.2, 0) is 7.05 Å². The SMILES string of the molecule is Cc1ccc(-c2cc(C(=O)NNC(=O)c3nn(C)c(=O)c4ccccc34)[nH]n2)cc1. The van der Waals surface area contributed by atoms with E-state index in [1.807, 2.05) is 31.2 Å². The first kappa shape index (κ1) is 19.1. The van der Waals surface area contributed by atoms with E-state index in [1.54, 1.807) is 30.3 Å². The molecular weight excluding hydrogens is 384 g/mol. The molecule has 0 aliphatic heterocycles. The molecule has 0 unspecified atom stereocenters. The Balaban J connectivity index is 1.50. The Bertz CT molecular complexity index is 1320. The van der Waals surface area contributed by atoms with Crippen LogP contribution in [-0.4, -0.2) is 31.8 Å². The second-order valence-corrected chi connectivity index (χ2v) is 6.76. The summed E-state index contributed by atoms with van der Waals surface area (Å²) in [5.74, 6) is -1.21. The summed E-state index contributed by atoms with van der Waals surface area (Å²) >= 11 is 0. The van der Waals surface area contributed by atoms with Crippen LogP contribution in [0.3, 0.4) is 0 Å². The van der Waals surface area contributed by atoms with Crippen LogP contribution in [0.25, 0.3) is 22.0 Å². The summed E-state index contributed by atoms with van der Waals surface area (Å²) in [4.78, 5) is 37.2. The van der Waals surface area contributed by atoms with Crippen molar-refractivity contribution < 1.29 is 9.59 Å². The Morgan fingerprint density at radius 1 is 0.967 bits per heavy atom. The van der Waals surface area contributed by atoms with Crippen molar-refractivity contribution in [2.75, 3.05) is 0 Å². The minimum atomic E-state index is -0.645. The van der Waals surface area contributed by atoms with Crippen LogP contribution in [0.4, 0.5) is 0 Å². The molecule has 0 spiro atoms. The first-order valence-corrected chi connectivity index (χ1v) is 9.13. The van der Waals surface area contributed by atoms with E-state index in [0.717, 1.165) is 15.8 Å². The van der Waals surface area contributed by atoms with Crippen LogP contribution in [0.1, 0.15) is 26.5 Å². The van der Waals surface area contributed by atoms with Crippen LogP contribution >= 0.6 is 0 Å². The average molecular weight is 402 g/mol. The van der Waals surface area contributed by atoms with E-state index >= 15 is 0 Å². The number of rotatable bonds is 3. The van der Waals surface area contributed by atoms with Crippen molar-refractivity contribution in [3.05, 3.63) is 81.9 Å². The number of fused-ring (bicyclic) bond motifs is 1. The zero-order valence-corrected chi connectivity index (χ0v) is 16.3. The zero-order valence-electron chi connectivity index (χ0n) is 16.3. The van der Waals surface area contributed by atoms with Crippen LogP contribution in [0.5, 0.6) is 0 Å². The topological polar surface area (TPSA) is 122 Å². The highest BCUT2D eigenvalue weighted by Gasteiger charge is 2.17. The van der Waals surface area contributed by atoms with Crippen LogP contribution in [0, 0.1) is 6.92 Å². The molecule has 0 radical (unpaired) electrons. The lowest BCUT2D eigenvalue weighted by atomic mass is 10.1. The molecule has 3 N–H and O–H groups in total. The van der Waals surface area contributed by atoms with Gasteiger partial charge in [-0.2, -0.15) is 10.2 Å². The lowest BCUT2D eigenvalue weighted by molar-refractivity contribution is 0.0841. The second kappa shape index (κ2) is 7.63. The predicted octanol–water partition coefficient (Wildman–Crippen LogP) is 1.71. The van der Waals surface area contributed by atoms with E-state index in [0.29, 0.717) is 16.5 Å². The molecule has 0 aliphatic rings. The molecule has 2 aromatic heterocycles. The summed E-state index contributed by atoms with van der Waals surface area (Å²) in [6.45, 7) is 1.98. The van der Waals surface area contributed by atoms with Crippen molar-refractivity contribution in [3.8, 4) is 11.3 Å². The lowest BCUT2D eigenvalue weighted by Crippen LogP contribution is -2.42. The van der Waals surface area contributed by atoms with E-state index in [4.69, 9.17) is 0 Å². The molecule has 4 aromatic rings. The molecule has 2 amide bonds. The van der Waals surface area contributed by atoms with Crippen molar-refractivity contribution in [2.45, 2.75) is 6.92 Å². The molecule has 0 saturated carbocycles. The third-order valence-electron chi connectivity index (χ3n) is 4.63. The first-order chi connectivity index (χ1) is 14.4. The molecule has 2 heterocycles. The monoisotopic (exact) mass is 402 g/mol. The number of hydrogen-bond donors (Lipinski definition) is 3. The number of carbonyl (C=O) groups excluding carboxylic acids is 2. The highest BCUT2D eigenvalue weighted by molar-refractivity contribution is 6.05. The molecule has 4 rings (SSSR count). The van der Waals surface area contributed by atoms with E-state index in [-0.39, 0.29) is 16.9 Å². The molecule has 0 atom stereocenters. The Kier molecular flexibility index (Phi) is 4.85. The van der Waals surface area contributed by atoms with Crippen LogP contribution in [0.2, 0.25) is 0 Å². The van der Waals surface area contributed by atoms with Gasteiger partial charge in [-0.25, -0.2) is 4.68 Å². The molecular formula is C21H18N6O3. The molecule has 150 valence electrons. The smallest absolute Gasteiger partial charge is 0.272 e. The van der Waals surface area contributed by atoms with Crippen molar-refractivity contribution in [1.82, 2.24) is 30.8 Å². The number of nitrogens with zero attached hydrogens (tertiary/aromatic N) is 3. The molecule has 0 fully saturated rings. The quantitative estimate of drug-likeness (QED) is 0.450. The molecule has 9 heteroatoms. The number of nitrogens with one attached hydrogen (secondary N) is 3. The minimum Gasteiger partial charge on any atom is -0.272 e. The number of H-pyrrole nitrogens is 1. The van der Waals surface area contributed by atoms with Gasteiger partial charge in [-0.05, 0) is 19.1 Å². The molecule has 0 aliphatic carbocycles. The van der Waals surface area contributed by atoms with Gasteiger partial charge in [0.05, 0.1) is 11.1 Å². The molecule has 9 nitrogen and oxygen atoms in total. The van der Waals surface area contributed by atoms with Gasteiger partial charge < -0.3 is 0 Å². The molecule has 2 aromatic carbocycles. The minimum absolute atomic E-state index is 0.0259. The summed E-state index contributed by atoms with van der Waals surface area (Å²) in [7, 11) is 1.46. The van der Waals surface area contributed by atoms with Crippen molar-refractivity contribution in [3.63, 3.8) is 0 Å². The third kappa shape index (κ3) is 3.55. The van der Waals surface area contributed by atoms with Gasteiger partial charge >= 0.3 is 0 Å². The Labute approximate surface area is 170 Å². The summed E-state index contributed by atoms with van der Waals surface area (Å²) in [5.41, 5.74) is 7.15. The van der Waals surface area contributed by atoms with Gasteiger partial charge in [0.15, 0.2) is 5.69 Å². The lowest BCUT2D eigenvalue weighted by Gasteiger charge is -2.09. The van der Waals surface area contributed by atoms with Gasteiger partial charge in [-0.1, -0.05) is 48.0 Å². The van der Waals surface area contributed by atoms with Crippen molar-refractivity contribution >= 4 is 22.6 Å². The fourth-order valence-corrected chi connectivity index (χ4v) is 3.02. The highest BCUT2D eigenvalue weighted by atomic mass is 16.2. The third-order valence-corrected chi connectivity index (χ3v) is 4.63. The number of benzene rings is 2. The van der Waals surface area contributed by atoms with E-state index in [9.17, 15) is 14.4 Å². The summed E-state index contributed by atoms with van der Waals surface area (Å²) < 4.78 is 1.09. The average Bonchev–Trinajstić information content (AvgIpc) is 3.25. The fraction of sp³-hybridized carbons (Fsp3) is 0.0952. The van der Waals surface area contributed by atoms with Gasteiger partial charge in [0.25, 0.3) is 17.4 Å². The standard InChI is InChI=1S/C21H18N6O3/c1-12-7-9-13(10-8-12)16-11-17(23-22-16)19(28)24-25-20(29)18-14-5-3-4-6-15(14)21(30)27(2)26-18/h3-11H,1-2H3,(H,22,23)(H,24,28)(H,25,29). The number of amides is 2. The summed E-state index contributed by atoms with van der Waals surface area (Å²) in [6, 6.07) is 16.0. The van der Waals surface area contributed by atoms with E-state index in [2.05, 4.69) is 26.1 Å². The molecule has 0 bridgehead atoms. The van der Waals surface area contributed by atoms with Gasteiger partial charge in [0, 0.05) is 18.0 Å². The number of aryl methyl sites for hydroxylation is 2. The maximum absolute atomic E-state index is 12.6. The van der Waals surface area contributed by atoms with E-state index < -0.39 is 11.8 Å². The summed E-state index contributed by atoms with van der Waals surface area (Å²) in [5, 5.41) is 11.6. The Morgan fingerprint density at radius 2 is 1.63 bits per heavy atom. The number of hydrogen-bond acceptors (Lipinski definition) is 5.